The summed E-state index contributed by atoms with van der Waals surface area (Å²) in [6.07, 6.45) is 0. The summed E-state index contributed by atoms with van der Waals surface area (Å²) in [5, 5.41) is -0.155. The molecule has 0 radical (unpaired) electrons. The van der Waals surface area contributed by atoms with Crippen molar-refractivity contribution in [2.75, 3.05) is 0 Å². The molecule has 0 aliphatic rings. The van der Waals surface area contributed by atoms with E-state index in [1.165, 1.54) is 0 Å². The SMILES string of the molecule is Cc1ccc(Cn2c(C(C)Cl)nc3ccc(Br)cc32)o1. The second kappa shape index (κ2) is 5.26. The third-order valence-corrected chi connectivity index (χ3v) is 3.89. The first-order valence-corrected chi connectivity index (χ1v) is 7.62. The average molecular weight is 354 g/mol. The lowest BCUT2D eigenvalue weighted by atomic mass is 10.3. The number of aryl methyl sites for hydroxylation is 1. The highest BCUT2D eigenvalue weighted by molar-refractivity contribution is 9.10. The Morgan fingerprint density at radius 3 is 2.80 bits per heavy atom. The zero-order valence-electron chi connectivity index (χ0n) is 11.2. The lowest BCUT2D eigenvalue weighted by Crippen LogP contribution is -2.05. The van der Waals surface area contributed by atoms with Gasteiger partial charge in [-0.05, 0) is 44.2 Å². The number of hydrogen-bond donors (Lipinski definition) is 0. The van der Waals surface area contributed by atoms with Crippen molar-refractivity contribution in [1.82, 2.24) is 9.55 Å². The van der Waals surface area contributed by atoms with Gasteiger partial charge in [0.25, 0.3) is 0 Å². The molecule has 2 heterocycles. The second-order valence-electron chi connectivity index (χ2n) is 4.82. The number of hydrogen-bond acceptors (Lipinski definition) is 2. The normalized spacial score (nSPS) is 13.0. The van der Waals surface area contributed by atoms with Gasteiger partial charge in [0.15, 0.2) is 0 Å². The largest absolute Gasteiger partial charge is 0.464 e. The van der Waals surface area contributed by atoms with Crippen molar-refractivity contribution in [3.8, 4) is 0 Å². The summed E-state index contributed by atoms with van der Waals surface area (Å²) in [7, 11) is 0. The average Bonchev–Trinajstić information content (AvgIpc) is 2.95. The van der Waals surface area contributed by atoms with E-state index in [1.807, 2.05) is 38.1 Å². The van der Waals surface area contributed by atoms with E-state index >= 15 is 0 Å². The van der Waals surface area contributed by atoms with Gasteiger partial charge in [0.05, 0.1) is 23.0 Å². The molecular formula is C15H14BrClN2O. The summed E-state index contributed by atoms with van der Waals surface area (Å²) < 4.78 is 8.80. The number of imidazole rings is 1. The minimum absolute atomic E-state index is 0.155. The standard InChI is InChI=1S/C15H14BrClN2O/c1-9-3-5-12(20-9)8-19-14-7-11(16)4-6-13(14)18-15(19)10(2)17/h3-7,10H,8H2,1-2H3. The monoisotopic (exact) mass is 352 g/mol. The number of aromatic nitrogens is 2. The number of halogens is 2. The summed E-state index contributed by atoms with van der Waals surface area (Å²) in [4.78, 5) is 4.62. The van der Waals surface area contributed by atoms with Gasteiger partial charge in [0.1, 0.15) is 17.3 Å². The number of furan rings is 1. The van der Waals surface area contributed by atoms with Gasteiger partial charge in [-0.1, -0.05) is 15.9 Å². The van der Waals surface area contributed by atoms with Crippen LogP contribution in [-0.4, -0.2) is 9.55 Å². The van der Waals surface area contributed by atoms with Gasteiger partial charge in [0.2, 0.25) is 0 Å². The maximum absolute atomic E-state index is 6.27. The van der Waals surface area contributed by atoms with Gasteiger partial charge in [-0.15, -0.1) is 11.6 Å². The zero-order chi connectivity index (χ0) is 14.3. The molecule has 3 rings (SSSR count). The summed E-state index contributed by atoms with van der Waals surface area (Å²) in [6, 6.07) is 9.99. The molecule has 1 unspecified atom stereocenters. The molecule has 5 heteroatoms. The molecule has 0 amide bonds. The molecule has 104 valence electrons. The van der Waals surface area contributed by atoms with Crippen LogP contribution in [0.1, 0.15) is 29.6 Å². The number of rotatable bonds is 3. The summed E-state index contributed by atoms with van der Waals surface area (Å²) in [6.45, 7) is 4.51. The Morgan fingerprint density at radius 1 is 1.35 bits per heavy atom. The van der Waals surface area contributed by atoms with Crippen molar-refractivity contribution in [2.45, 2.75) is 25.8 Å². The smallest absolute Gasteiger partial charge is 0.128 e. The predicted octanol–water partition coefficient (Wildman–Crippen LogP) is 5.05. The maximum atomic E-state index is 6.27. The van der Waals surface area contributed by atoms with E-state index in [-0.39, 0.29) is 5.38 Å². The van der Waals surface area contributed by atoms with Gasteiger partial charge in [-0.3, -0.25) is 0 Å². The Kier molecular flexibility index (Phi) is 3.61. The van der Waals surface area contributed by atoms with E-state index in [4.69, 9.17) is 16.0 Å². The van der Waals surface area contributed by atoms with Crippen molar-refractivity contribution in [3.05, 3.63) is 52.1 Å². The topological polar surface area (TPSA) is 31.0 Å². The van der Waals surface area contributed by atoms with Crippen molar-refractivity contribution in [3.63, 3.8) is 0 Å². The third-order valence-electron chi connectivity index (χ3n) is 3.21. The van der Waals surface area contributed by atoms with Gasteiger partial charge in [-0.2, -0.15) is 0 Å². The highest BCUT2D eigenvalue weighted by Gasteiger charge is 2.16. The quantitative estimate of drug-likeness (QED) is 0.617. The summed E-state index contributed by atoms with van der Waals surface area (Å²) >= 11 is 9.77. The van der Waals surface area contributed by atoms with Gasteiger partial charge in [0, 0.05) is 4.47 Å². The lowest BCUT2D eigenvalue weighted by Gasteiger charge is -2.09. The molecule has 0 fully saturated rings. The Balaban J connectivity index is 2.15. The lowest BCUT2D eigenvalue weighted by molar-refractivity contribution is 0.469. The van der Waals surface area contributed by atoms with Crippen LogP contribution >= 0.6 is 27.5 Å². The van der Waals surface area contributed by atoms with Crippen LogP contribution in [0.4, 0.5) is 0 Å². The van der Waals surface area contributed by atoms with Crippen LogP contribution in [0.3, 0.4) is 0 Å². The van der Waals surface area contributed by atoms with Gasteiger partial charge >= 0.3 is 0 Å². The van der Waals surface area contributed by atoms with Crippen molar-refractivity contribution >= 4 is 38.6 Å². The molecule has 20 heavy (non-hydrogen) atoms. The molecule has 2 aromatic heterocycles. The van der Waals surface area contributed by atoms with Crippen LogP contribution in [0, 0.1) is 6.92 Å². The van der Waals surface area contributed by atoms with E-state index < -0.39 is 0 Å². The first-order chi connectivity index (χ1) is 9.54. The molecule has 0 aliphatic carbocycles. The van der Waals surface area contributed by atoms with Crippen molar-refractivity contribution in [1.29, 1.82) is 0 Å². The number of nitrogens with zero attached hydrogens (tertiary/aromatic N) is 2. The molecular weight excluding hydrogens is 340 g/mol. The zero-order valence-corrected chi connectivity index (χ0v) is 13.6. The van der Waals surface area contributed by atoms with Crippen molar-refractivity contribution < 1.29 is 4.42 Å². The fourth-order valence-electron chi connectivity index (χ4n) is 2.31. The van der Waals surface area contributed by atoms with E-state index in [0.29, 0.717) is 6.54 Å². The second-order valence-corrected chi connectivity index (χ2v) is 6.39. The molecule has 1 atom stereocenters. The van der Waals surface area contributed by atoms with E-state index in [9.17, 15) is 0 Å². The van der Waals surface area contributed by atoms with Crippen LogP contribution < -0.4 is 0 Å². The highest BCUT2D eigenvalue weighted by Crippen LogP contribution is 2.27. The Labute approximate surface area is 130 Å². The Hall–Kier alpha value is -1.26. The third kappa shape index (κ3) is 2.50. The fourth-order valence-corrected chi connectivity index (χ4v) is 2.83. The number of benzene rings is 1. The Morgan fingerprint density at radius 2 is 2.15 bits per heavy atom. The molecule has 3 nitrogen and oxygen atoms in total. The molecule has 3 aromatic rings. The van der Waals surface area contributed by atoms with Crippen LogP contribution in [0.5, 0.6) is 0 Å². The minimum Gasteiger partial charge on any atom is -0.464 e. The van der Waals surface area contributed by atoms with E-state index in [2.05, 4.69) is 31.5 Å². The van der Waals surface area contributed by atoms with E-state index in [1.54, 1.807) is 0 Å². The molecule has 0 aliphatic heterocycles. The number of fused-ring (bicyclic) bond motifs is 1. The van der Waals surface area contributed by atoms with Crippen molar-refractivity contribution in [2.24, 2.45) is 0 Å². The summed E-state index contributed by atoms with van der Waals surface area (Å²) in [5.41, 5.74) is 2.00. The molecule has 0 N–H and O–H groups in total. The van der Waals surface area contributed by atoms with Crippen LogP contribution in [0.2, 0.25) is 0 Å². The fraction of sp³-hybridized carbons (Fsp3) is 0.267. The van der Waals surface area contributed by atoms with Gasteiger partial charge in [-0.25, -0.2) is 4.98 Å². The predicted molar refractivity (Wildman–Crippen MR) is 84.2 cm³/mol. The molecule has 0 saturated heterocycles. The number of alkyl halides is 1. The molecule has 0 bridgehead atoms. The Bertz CT molecular complexity index is 760. The first kappa shape index (κ1) is 13.7. The van der Waals surface area contributed by atoms with Gasteiger partial charge < -0.3 is 8.98 Å². The molecule has 0 spiro atoms. The summed E-state index contributed by atoms with van der Waals surface area (Å²) in [5.74, 6) is 2.67. The van der Waals surface area contributed by atoms with Crippen LogP contribution in [-0.2, 0) is 6.54 Å². The molecule has 0 saturated carbocycles. The van der Waals surface area contributed by atoms with Crippen LogP contribution in [0.15, 0.2) is 39.2 Å². The first-order valence-electron chi connectivity index (χ1n) is 6.39. The highest BCUT2D eigenvalue weighted by atomic mass is 79.9. The maximum Gasteiger partial charge on any atom is 0.128 e. The minimum atomic E-state index is -0.155. The van der Waals surface area contributed by atoms with E-state index in [0.717, 1.165) is 32.9 Å². The van der Waals surface area contributed by atoms with Crippen LogP contribution in [0.25, 0.3) is 11.0 Å². The molecule has 1 aromatic carbocycles.